The molecule has 0 bridgehead atoms. The van der Waals surface area contributed by atoms with Crippen LogP contribution in [0.4, 0.5) is 0 Å². The van der Waals surface area contributed by atoms with Crippen LogP contribution in [0.25, 0.3) is 16.5 Å². The zero-order valence-electron chi connectivity index (χ0n) is 17.1. The fourth-order valence-corrected chi connectivity index (χ4v) is 5.76. The van der Waals surface area contributed by atoms with Gasteiger partial charge in [0, 0.05) is 29.2 Å². The first-order valence-corrected chi connectivity index (χ1v) is 12.1. The van der Waals surface area contributed by atoms with E-state index in [1.165, 1.54) is 39.7 Å². The van der Waals surface area contributed by atoms with Gasteiger partial charge in [0.2, 0.25) is 0 Å². The molecule has 1 aliphatic heterocycles. The molecule has 2 N–H and O–H groups in total. The lowest BCUT2D eigenvalue weighted by molar-refractivity contribution is 0.306. The minimum Gasteiger partial charge on any atom is -0.612 e. The molecule has 3 nitrogen and oxygen atoms in total. The number of aromatic amines is 1. The molecule has 0 radical (unpaired) electrons. The second-order valence-corrected chi connectivity index (χ2v) is 9.97. The van der Waals surface area contributed by atoms with Crippen molar-refractivity contribution in [2.75, 3.05) is 12.8 Å². The number of H-pyrrole nitrogens is 1. The molecule has 0 amide bonds. The Balaban J connectivity index is 1.37. The number of aromatic nitrogens is 1. The van der Waals surface area contributed by atoms with E-state index in [0.29, 0.717) is 17.9 Å². The Morgan fingerprint density at radius 2 is 1.83 bits per heavy atom. The molecule has 1 aromatic heterocycles. The highest BCUT2D eigenvalue weighted by atomic mass is 32.2. The quantitative estimate of drug-likeness (QED) is 0.603. The van der Waals surface area contributed by atoms with Crippen molar-refractivity contribution in [1.29, 1.82) is 0 Å². The molecular weight excluding hydrogens is 376 g/mol. The first-order valence-electron chi connectivity index (χ1n) is 10.6. The zero-order chi connectivity index (χ0) is 20.0. The summed E-state index contributed by atoms with van der Waals surface area (Å²) in [6.45, 7) is 3.29. The van der Waals surface area contributed by atoms with E-state index in [1.54, 1.807) is 6.26 Å². The molecule has 29 heavy (non-hydrogen) atoms. The fourth-order valence-electron chi connectivity index (χ4n) is 5.24. The summed E-state index contributed by atoms with van der Waals surface area (Å²) < 4.78 is 11.7. The fraction of sp³-hybridized carbons (Fsp3) is 0.360. The average molecular weight is 405 g/mol. The second kappa shape index (κ2) is 7.67. The molecule has 0 fully saturated rings. The van der Waals surface area contributed by atoms with Gasteiger partial charge < -0.3 is 14.9 Å². The van der Waals surface area contributed by atoms with Gasteiger partial charge in [0.25, 0.3) is 0 Å². The van der Waals surface area contributed by atoms with E-state index in [0.717, 1.165) is 24.3 Å². The van der Waals surface area contributed by atoms with Crippen molar-refractivity contribution in [3.63, 3.8) is 0 Å². The lowest BCUT2D eigenvalue weighted by atomic mass is 9.74. The maximum absolute atomic E-state index is 11.7. The predicted molar refractivity (Wildman–Crippen MR) is 122 cm³/mol. The summed E-state index contributed by atoms with van der Waals surface area (Å²) in [6, 6.07) is 17.5. The van der Waals surface area contributed by atoms with E-state index in [-0.39, 0.29) is 0 Å². The summed E-state index contributed by atoms with van der Waals surface area (Å²) in [5.41, 5.74) is 6.92. The van der Waals surface area contributed by atoms with Crippen LogP contribution in [0.1, 0.15) is 42.5 Å². The normalized spacial score (nSPS) is 25.5. The van der Waals surface area contributed by atoms with Gasteiger partial charge in [-0.3, -0.25) is 0 Å². The average Bonchev–Trinajstić information content (AvgIpc) is 3.13. The maximum Gasteiger partial charge on any atom is 0.152 e. The first kappa shape index (κ1) is 19.0. The van der Waals surface area contributed by atoms with Gasteiger partial charge in [0.05, 0.1) is 0 Å². The van der Waals surface area contributed by atoms with Crippen molar-refractivity contribution in [2.24, 2.45) is 5.92 Å². The molecule has 2 aliphatic rings. The van der Waals surface area contributed by atoms with E-state index < -0.39 is 11.2 Å². The predicted octanol–water partition coefficient (Wildman–Crippen LogP) is 5.02. The minimum absolute atomic E-state index is 0.499. The first-order chi connectivity index (χ1) is 14.1. The Bertz CT molecular complexity index is 1050. The SMILES string of the molecule is CC1CC(C2CC(c3ccc([S+](C)[O-])cc3)=CCN2)Cc2c1[nH]c1ccccc21. The van der Waals surface area contributed by atoms with E-state index in [2.05, 4.69) is 59.7 Å². The number of rotatable bonds is 3. The molecule has 2 aromatic carbocycles. The summed E-state index contributed by atoms with van der Waals surface area (Å²) in [5.74, 6) is 1.20. The molecule has 5 rings (SSSR count). The van der Waals surface area contributed by atoms with Crippen LogP contribution in [0.3, 0.4) is 0 Å². The van der Waals surface area contributed by atoms with Crippen molar-refractivity contribution < 1.29 is 4.55 Å². The van der Waals surface area contributed by atoms with Crippen LogP contribution in [0.15, 0.2) is 59.5 Å². The van der Waals surface area contributed by atoms with Crippen molar-refractivity contribution in [3.05, 3.63) is 71.4 Å². The van der Waals surface area contributed by atoms with Crippen LogP contribution in [0.5, 0.6) is 0 Å². The molecule has 3 aromatic rings. The number of hydrogen-bond donors (Lipinski definition) is 2. The van der Waals surface area contributed by atoms with Crippen LogP contribution in [-0.2, 0) is 17.6 Å². The zero-order valence-corrected chi connectivity index (χ0v) is 17.9. The molecule has 150 valence electrons. The van der Waals surface area contributed by atoms with Crippen LogP contribution < -0.4 is 5.32 Å². The molecule has 4 unspecified atom stereocenters. The Morgan fingerprint density at radius 3 is 2.62 bits per heavy atom. The van der Waals surface area contributed by atoms with Crippen LogP contribution in [0.2, 0.25) is 0 Å². The van der Waals surface area contributed by atoms with Gasteiger partial charge >= 0.3 is 0 Å². The van der Waals surface area contributed by atoms with E-state index in [4.69, 9.17) is 0 Å². The van der Waals surface area contributed by atoms with Crippen molar-refractivity contribution >= 4 is 27.7 Å². The largest absolute Gasteiger partial charge is 0.612 e. The number of nitrogens with one attached hydrogen (secondary N) is 2. The highest BCUT2D eigenvalue weighted by molar-refractivity contribution is 7.90. The van der Waals surface area contributed by atoms with E-state index in [9.17, 15) is 4.55 Å². The highest BCUT2D eigenvalue weighted by Gasteiger charge is 2.33. The highest BCUT2D eigenvalue weighted by Crippen LogP contribution is 2.41. The molecule has 0 saturated carbocycles. The van der Waals surface area contributed by atoms with Crippen molar-refractivity contribution in [2.45, 2.75) is 43.0 Å². The Hall–Kier alpha value is -2.01. The molecule has 0 saturated heterocycles. The third-order valence-corrected chi connectivity index (χ3v) is 7.69. The van der Waals surface area contributed by atoms with Crippen molar-refractivity contribution in [3.8, 4) is 0 Å². The number of para-hydroxylation sites is 1. The third-order valence-electron chi connectivity index (χ3n) is 6.76. The summed E-state index contributed by atoms with van der Waals surface area (Å²) in [5, 5.41) is 5.17. The van der Waals surface area contributed by atoms with Gasteiger partial charge in [0.1, 0.15) is 6.26 Å². The number of fused-ring (bicyclic) bond motifs is 3. The Morgan fingerprint density at radius 1 is 1.03 bits per heavy atom. The van der Waals surface area contributed by atoms with Gasteiger partial charge in [-0.15, -0.1) is 0 Å². The molecule has 1 aliphatic carbocycles. The second-order valence-electron chi connectivity index (χ2n) is 8.59. The summed E-state index contributed by atoms with van der Waals surface area (Å²) in [7, 11) is 0. The lowest BCUT2D eigenvalue weighted by Crippen LogP contribution is -2.41. The van der Waals surface area contributed by atoms with Gasteiger partial charge in [-0.1, -0.05) is 31.2 Å². The monoisotopic (exact) mass is 404 g/mol. The Labute approximate surface area is 175 Å². The smallest absolute Gasteiger partial charge is 0.152 e. The minimum atomic E-state index is -0.921. The van der Waals surface area contributed by atoms with Crippen LogP contribution >= 0.6 is 0 Å². The molecular formula is C25H28N2OS. The van der Waals surface area contributed by atoms with E-state index in [1.807, 2.05) is 12.1 Å². The topological polar surface area (TPSA) is 50.9 Å². The standard InChI is InChI=1S/C25H28N2OS/c1-16-13-19(14-22-21-5-3-4-6-23(21)27-25(16)22)24-15-18(11-12-26-24)17-7-9-20(10-8-17)29(2)28/h3-11,16,19,24,26-27H,12-15H2,1-2H3. The van der Waals surface area contributed by atoms with E-state index >= 15 is 0 Å². The third kappa shape index (κ3) is 3.54. The van der Waals surface area contributed by atoms with Gasteiger partial charge in [0.15, 0.2) is 4.90 Å². The summed E-state index contributed by atoms with van der Waals surface area (Å²) in [4.78, 5) is 4.58. The van der Waals surface area contributed by atoms with Crippen molar-refractivity contribution in [1.82, 2.24) is 10.3 Å². The lowest BCUT2D eigenvalue weighted by Gasteiger charge is -2.36. The maximum atomic E-state index is 11.7. The molecule has 2 heterocycles. The van der Waals surface area contributed by atoms with Crippen LogP contribution in [0, 0.1) is 5.92 Å². The Kier molecular flexibility index (Phi) is 5.02. The number of benzene rings is 2. The molecule has 4 heteroatoms. The summed E-state index contributed by atoms with van der Waals surface area (Å²) >= 11 is -0.921. The number of hydrogen-bond acceptors (Lipinski definition) is 2. The summed E-state index contributed by atoms with van der Waals surface area (Å²) in [6.07, 6.45) is 7.47. The van der Waals surface area contributed by atoms with Crippen LogP contribution in [-0.4, -0.2) is 28.4 Å². The molecule has 0 spiro atoms. The van der Waals surface area contributed by atoms with Gasteiger partial charge in [-0.05, 0) is 89.3 Å². The van der Waals surface area contributed by atoms with Gasteiger partial charge in [-0.2, -0.15) is 0 Å². The molecule has 4 atom stereocenters. The van der Waals surface area contributed by atoms with Gasteiger partial charge in [-0.25, -0.2) is 0 Å².